The monoisotopic (exact) mass is 316 g/mol. The molecule has 0 aliphatic heterocycles. The van der Waals surface area contributed by atoms with Crippen molar-refractivity contribution in [1.82, 2.24) is 0 Å². The molecule has 2 aromatic rings. The summed E-state index contributed by atoms with van der Waals surface area (Å²) in [5, 5.41) is 13.3. The lowest BCUT2D eigenvalue weighted by atomic mass is 10.1. The Kier molecular flexibility index (Phi) is 5.55. The maximum Gasteiger partial charge on any atom is 0.100 e. The molecule has 2 aromatic carbocycles. The van der Waals surface area contributed by atoms with Crippen LogP contribution in [0.5, 0.6) is 0 Å². The fourth-order valence-corrected chi connectivity index (χ4v) is 3.55. The predicted molar refractivity (Wildman–Crippen MR) is 91.0 cm³/mol. The second-order valence-corrected chi connectivity index (χ2v) is 6.32. The van der Waals surface area contributed by atoms with E-state index >= 15 is 0 Å². The van der Waals surface area contributed by atoms with Crippen molar-refractivity contribution in [2.24, 2.45) is 0 Å². The largest absolute Gasteiger partial charge is 0.388 e. The third-order valence-corrected chi connectivity index (χ3v) is 4.97. The van der Waals surface area contributed by atoms with Crippen LogP contribution in [-0.2, 0) is 0 Å². The van der Waals surface area contributed by atoms with Gasteiger partial charge >= 0.3 is 0 Å². The standard InChI is InChI=1S/C17H17ClN2S/c1-3-16(12-5-4-6-15(9-12)20-2)21-17-10-14(18)8-7-13(17)11-19/h4-10,16,20H,3H2,1-2H3. The van der Waals surface area contributed by atoms with E-state index in [-0.39, 0.29) is 0 Å². The van der Waals surface area contributed by atoms with Crippen LogP contribution in [0.1, 0.15) is 29.7 Å². The summed E-state index contributed by atoms with van der Waals surface area (Å²) in [7, 11) is 1.91. The van der Waals surface area contributed by atoms with Gasteiger partial charge in [-0.1, -0.05) is 30.7 Å². The number of hydrogen-bond acceptors (Lipinski definition) is 3. The molecule has 2 nitrogen and oxygen atoms in total. The summed E-state index contributed by atoms with van der Waals surface area (Å²) in [6.45, 7) is 2.15. The molecule has 4 heteroatoms. The van der Waals surface area contributed by atoms with Crippen LogP contribution < -0.4 is 5.32 Å². The van der Waals surface area contributed by atoms with Gasteiger partial charge in [-0.2, -0.15) is 5.26 Å². The number of benzene rings is 2. The fourth-order valence-electron chi connectivity index (χ4n) is 2.12. The second kappa shape index (κ2) is 7.40. The average Bonchev–Trinajstić information content (AvgIpc) is 2.52. The number of nitrogens with one attached hydrogen (secondary N) is 1. The van der Waals surface area contributed by atoms with E-state index in [0.717, 1.165) is 17.0 Å². The summed E-state index contributed by atoms with van der Waals surface area (Å²) in [5.41, 5.74) is 3.02. The zero-order valence-electron chi connectivity index (χ0n) is 12.1. The minimum Gasteiger partial charge on any atom is -0.388 e. The van der Waals surface area contributed by atoms with Crippen molar-refractivity contribution in [3.05, 3.63) is 58.6 Å². The highest BCUT2D eigenvalue weighted by Gasteiger charge is 2.14. The van der Waals surface area contributed by atoms with Crippen molar-refractivity contribution in [3.8, 4) is 6.07 Å². The molecule has 0 radical (unpaired) electrons. The summed E-state index contributed by atoms with van der Waals surface area (Å²) >= 11 is 7.75. The van der Waals surface area contributed by atoms with E-state index in [4.69, 9.17) is 11.6 Å². The number of rotatable bonds is 5. The Labute approximate surface area is 135 Å². The first-order chi connectivity index (χ1) is 10.2. The smallest absolute Gasteiger partial charge is 0.100 e. The van der Waals surface area contributed by atoms with Gasteiger partial charge in [0.05, 0.1) is 5.56 Å². The minimum atomic E-state index is 0.295. The third-order valence-electron chi connectivity index (χ3n) is 3.25. The first-order valence-electron chi connectivity index (χ1n) is 6.82. The normalized spacial score (nSPS) is 11.7. The summed E-state index contributed by atoms with van der Waals surface area (Å²) in [6.07, 6.45) is 0.981. The lowest BCUT2D eigenvalue weighted by molar-refractivity contribution is 0.894. The number of anilines is 1. The van der Waals surface area contributed by atoms with E-state index in [2.05, 4.69) is 30.4 Å². The molecule has 1 unspecified atom stereocenters. The minimum absolute atomic E-state index is 0.295. The van der Waals surface area contributed by atoms with Gasteiger partial charge in [-0.15, -0.1) is 11.8 Å². The first kappa shape index (κ1) is 15.8. The van der Waals surface area contributed by atoms with Crippen molar-refractivity contribution >= 4 is 29.1 Å². The van der Waals surface area contributed by atoms with E-state index in [9.17, 15) is 5.26 Å². The Morgan fingerprint density at radius 2 is 2.10 bits per heavy atom. The zero-order valence-corrected chi connectivity index (χ0v) is 13.6. The van der Waals surface area contributed by atoms with Crippen LogP contribution in [-0.4, -0.2) is 7.05 Å². The van der Waals surface area contributed by atoms with Gasteiger partial charge in [0.2, 0.25) is 0 Å². The Morgan fingerprint density at radius 1 is 1.29 bits per heavy atom. The number of thioether (sulfide) groups is 1. The highest BCUT2D eigenvalue weighted by molar-refractivity contribution is 7.99. The van der Waals surface area contributed by atoms with Crippen LogP contribution in [0.2, 0.25) is 5.02 Å². The Balaban J connectivity index is 2.31. The number of halogens is 1. The van der Waals surface area contributed by atoms with Gasteiger partial charge in [0.15, 0.2) is 0 Å². The zero-order chi connectivity index (χ0) is 15.2. The van der Waals surface area contributed by atoms with Crippen LogP contribution in [0.3, 0.4) is 0 Å². The van der Waals surface area contributed by atoms with Crippen LogP contribution in [0, 0.1) is 11.3 Å². The van der Waals surface area contributed by atoms with Gasteiger partial charge in [-0.3, -0.25) is 0 Å². The first-order valence-corrected chi connectivity index (χ1v) is 8.07. The molecule has 0 bridgehead atoms. The molecule has 2 rings (SSSR count). The van der Waals surface area contributed by atoms with E-state index in [0.29, 0.717) is 15.8 Å². The van der Waals surface area contributed by atoms with Crippen LogP contribution >= 0.6 is 23.4 Å². The van der Waals surface area contributed by atoms with E-state index in [1.807, 2.05) is 25.2 Å². The van der Waals surface area contributed by atoms with Crippen molar-refractivity contribution < 1.29 is 0 Å². The molecule has 0 saturated carbocycles. The molecule has 0 aromatic heterocycles. The van der Waals surface area contributed by atoms with Crippen molar-refractivity contribution in [3.63, 3.8) is 0 Å². The molecule has 0 aliphatic carbocycles. The van der Waals surface area contributed by atoms with Crippen LogP contribution in [0.25, 0.3) is 0 Å². The molecule has 0 spiro atoms. The average molecular weight is 317 g/mol. The summed E-state index contributed by atoms with van der Waals surface area (Å²) in [4.78, 5) is 0.937. The summed E-state index contributed by atoms with van der Waals surface area (Å²) in [6, 6.07) is 16.0. The molecule has 108 valence electrons. The molecule has 1 atom stereocenters. The third kappa shape index (κ3) is 3.93. The molecule has 21 heavy (non-hydrogen) atoms. The van der Waals surface area contributed by atoms with Crippen LogP contribution in [0.4, 0.5) is 5.69 Å². The molecule has 1 N–H and O–H groups in total. The van der Waals surface area contributed by atoms with Gasteiger partial charge in [0.25, 0.3) is 0 Å². The molecule has 0 saturated heterocycles. The van der Waals surface area contributed by atoms with Gasteiger partial charge < -0.3 is 5.32 Å². The lowest BCUT2D eigenvalue weighted by Crippen LogP contribution is -1.96. The number of nitrogens with zero attached hydrogens (tertiary/aromatic N) is 1. The van der Waals surface area contributed by atoms with E-state index in [1.165, 1.54) is 5.56 Å². The predicted octanol–water partition coefficient (Wildman–Crippen LogP) is 5.50. The topological polar surface area (TPSA) is 35.8 Å². The lowest BCUT2D eigenvalue weighted by Gasteiger charge is -2.17. The van der Waals surface area contributed by atoms with Crippen molar-refractivity contribution in [2.75, 3.05) is 12.4 Å². The maximum atomic E-state index is 9.23. The molecular formula is C17H17ClN2S. The molecule has 0 amide bonds. The molecular weight excluding hydrogens is 300 g/mol. The van der Waals surface area contributed by atoms with Crippen molar-refractivity contribution in [1.29, 1.82) is 5.26 Å². The number of nitriles is 1. The molecule has 0 fully saturated rings. The van der Waals surface area contributed by atoms with E-state index in [1.54, 1.807) is 23.9 Å². The molecule has 0 heterocycles. The number of hydrogen-bond donors (Lipinski definition) is 1. The van der Waals surface area contributed by atoms with Gasteiger partial charge in [-0.25, -0.2) is 0 Å². The highest BCUT2D eigenvalue weighted by Crippen LogP contribution is 2.40. The SMILES string of the molecule is CCC(Sc1cc(Cl)ccc1C#N)c1cccc(NC)c1. The Bertz CT molecular complexity index is 664. The Hall–Kier alpha value is -1.63. The summed E-state index contributed by atoms with van der Waals surface area (Å²) < 4.78 is 0. The fraction of sp³-hybridized carbons (Fsp3) is 0.235. The highest BCUT2D eigenvalue weighted by atomic mass is 35.5. The molecule has 0 aliphatic rings. The van der Waals surface area contributed by atoms with Crippen molar-refractivity contribution in [2.45, 2.75) is 23.5 Å². The van der Waals surface area contributed by atoms with Gasteiger partial charge in [0.1, 0.15) is 6.07 Å². The maximum absolute atomic E-state index is 9.23. The van der Waals surface area contributed by atoms with Gasteiger partial charge in [-0.05, 0) is 42.3 Å². The Morgan fingerprint density at radius 3 is 2.76 bits per heavy atom. The van der Waals surface area contributed by atoms with Crippen LogP contribution in [0.15, 0.2) is 47.4 Å². The van der Waals surface area contributed by atoms with E-state index < -0.39 is 0 Å². The quantitative estimate of drug-likeness (QED) is 0.740. The van der Waals surface area contributed by atoms with Gasteiger partial charge in [0, 0.05) is 27.9 Å². The summed E-state index contributed by atoms with van der Waals surface area (Å²) in [5.74, 6) is 0. The second-order valence-electron chi connectivity index (χ2n) is 4.64.